The number of hydrogen-bond acceptors (Lipinski definition) is 2. The van der Waals surface area contributed by atoms with Gasteiger partial charge in [0.15, 0.2) is 0 Å². The number of para-hydroxylation sites is 1. The monoisotopic (exact) mass is 177 g/mol. The third kappa shape index (κ3) is 2.01. The minimum atomic E-state index is -0.367. The van der Waals surface area contributed by atoms with Gasteiger partial charge < -0.3 is 10.8 Å². The molecular weight excluding hydrogens is 162 g/mol. The molecule has 0 heterocycles. The summed E-state index contributed by atoms with van der Waals surface area (Å²) in [4.78, 5) is 0. The Morgan fingerprint density at radius 3 is 2.69 bits per heavy atom. The average Bonchev–Trinajstić information content (AvgIpc) is 2.89. The zero-order valence-corrected chi connectivity index (χ0v) is 7.61. The van der Waals surface area contributed by atoms with Crippen molar-refractivity contribution < 1.29 is 5.11 Å². The van der Waals surface area contributed by atoms with Gasteiger partial charge in [-0.1, -0.05) is 31.0 Å². The number of aliphatic hydroxyl groups excluding tert-OH is 1. The molecule has 2 heteroatoms. The Balaban J connectivity index is 2.09. The predicted octanol–water partition coefficient (Wildman–Crippen LogP) is 2.10. The molecule has 1 aromatic rings. The number of benzene rings is 1. The van der Waals surface area contributed by atoms with Crippen molar-refractivity contribution in [2.24, 2.45) is 5.92 Å². The number of hydrogen-bond donors (Lipinski definition) is 2. The van der Waals surface area contributed by atoms with Gasteiger partial charge in [-0.2, -0.15) is 0 Å². The second-order valence-corrected chi connectivity index (χ2v) is 3.82. The molecule has 1 aliphatic rings. The first-order chi connectivity index (χ1) is 6.27. The van der Waals surface area contributed by atoms with E-state index in [4.69, 9.17) is 5.73 Å². The smallest absolute Gasteiger partial charge is 0.0812 e. The summed E-state index contributed by atoms with van der Waals surface area (Å²) >= 11 is 0. The van der Waals surface area contributed by atoms with Crippen LogP contribution in [-0.2, 0) is 0 Å². The Morgan fingerprint density at radius 1 is 1.38 bits per heavy atom. The van der Waals surface area contributed by atoms with Crippen molar-refractivity contribution in [3.63, 3.8) is 0 Å². The molecule has 70 valence electrons. The van der Waals surface area contributed by atoms with Crippen LogP contribution in [0.1, 0.15) is 30.9 Å². The van der Waals surface area contributed by atoms with Gasteiger partial charge in [0.2, 0.25) is 0 Å². The third-order valence-electron chi connectivity index (χ3n) is 2.61. The minimum Gasteiger partial charge on any atom is -0.398 e. The van der Waals surface area contributed by atoms with Gasteiger partial charge >= 0.3 is 0 Å². The molecule has 0 spiro atoms. The van der Waals surface area contributed by atoms with E-state index >= 15 is 0 Å². The van der Waals surface area contributed by atoms with Gasteiger partial charge in [-0.05, 0) is 18.4 Å². The van der Waals surface area contributed by atoms with E-state index in [0.717, 1.165) is 17.9 Å². The third-order valence-corrected chi connectivity index (χ3v) is 2.61. The summed E-state index contributed by atoms with van der Waals surface area (Å²) in [5.41, 5.74) is 7.35. The van der Waals surface area contributed by atoms with E-state index in [-0.39, 0.29) is 6.10 Å². The quantitative estimate of drug-likeness (QED) is 0.694. The Labute approximate surface area is 78.4 Å². The molecule has 1 atom stereocenters. The standard InChI is InChI=1S/C11H15NO/c12-10-4-2-1-3-9(10)11(13)7-8-5-6-8/h1-4,8,11,13H,5-7,12H2. The molecule has 0 aliphatic heterocycles. The Hall–Kier alpha value is -1.02. The van der Waals surface area contributed by atoms with Crippen molar-refractivity contribution >= 4 is 5.69 Å². The fraction of sp³-hybridized carbons (Fsp3) is 0.455. The molecule has 0 bridgehead atoms. The summed E-state index contributed by atoms with van der Waals surface area (Å²) < 4.78 is 0. The average molecular weight is 177 g/mol. The fourth-order valence-corrected chi connectivity index (χ4v) is 1.61. The number of aliphatic hydroxyl groups is 1. The molecule has 2 nitrogen and oxygen atoms in total. The first-order valence-corrected chi connectivity index (χ1v) is 4.80. The lowest BCUT2D eigenvalue weighted by Gasteiger charge is -2.12. The number of nitrogen functional groups attached to an aromatic ring is 1. The van der Waals surface area contributed by atoms with Gasteiger partial charge in [-0.3, -0.25) is 0 Å². The Bertz CT molecular complexity index is 294. The minimum absolute atomic E-state index is 0.367. The van der Waals surface area contributed by atoms with Crippen molar-refractivity contribution in [3.8, 4) is 0 Å². The van der Waals surface area contributed by atoms with Crippen LogP contribution in [0.4, 0.5) is 5.69 Å². The van der Waals surface area contributed by atoms with Crippen LogP contribution in [-0.4, -0.2) is 5.11 Å². The number of rotatable bonds is 3. The molecule has 1 saturated carbocycles. The molecule has 1 aliphatic carbocycles. The van der Waals surface area contributed by atoms with E-state index in [2.05, 4.69) is 0 Å². The summed E-state index contributed by atoms with van der Waals surface area (Å²) in [5, 5.41) is 9.83. The van der Waals surface area contributed by atoms with Gasteiger partial charge in [0, 0.05) is 11.3 Å². The van der Waals surface area contributed by atoms with Crippen LogP contribution in [0.25, 0.3) is 0 Å². The van der Waals surface area contributed by atoms with Crippen LogP contribution in [0.2, 0.25) is 0 Å². The molecule has 0 radical (unpaired) electrons. The highest BCUT2D eigenvalue weighted by molar-refractivity contribution is 5.47. The predicted molar refractivity (Wildman–Crippen MR) is 53.2 cm³/mol. The molecule has 0 amide bonds. The van der Waals surface area contributed by atoms with Crippen LogP contribution >= 0.6 is 0 Å². The van der Waals surface area contributed by atoms with Crippen LogP contribution in [0.3, 0.4) is 0 Å². The normalized spacial score (nSPS) is 18.5. The molecule has 0 saturated heterocycles. The van der Waals surface area contributed by atoms with Crippen molar-refractivity contribution in [3.05, 3.63) is 29.8 Å². The summed E-state index contributed by atoms with van der Waals surface area (Å²) in [5.74, 6) is 0.731. The summed E-state index contributed by atoms with van der Waals surface area (Å²) in [6, 6.07) is 7.55. The summed E-state index contributed by atoms with van der Waals surface area (Å²) in [7, 11) is 0. The zero-order chi connectivity index (χ0) is 9.26. The maximum atomic E-state index is 9.83. The van der Waals surface area contributed by atoms with Crippen molar-refractivity contribution in [1.82, 2.24) is 0 Å². The molecule has 1 unspecified atom stereocenters. The van der Waals surface area contributed by atoms with Crippen molar-refractivity contribution in [2.75, 3.05) is 5.73 Å². The molecule has 1 fully saturated rings. The first-order valence-electron chi connectivity index (χ1n) is 4.80. The van der Waals surface area contributed by atoms with Crippen LogP contribution < -0.4 is 5.73 Å². The van der Waals surface area contributed by atoms with E-state index in [0.29, 0.717) is 5.69 Å². The van der Waals surface area contributed by atoms with Gasteiger partial charge in [-0.15, -0.1) is 0 Å². The molecular formula is C11H15NO. The SMILES string of the molecule is Nc1ccccc1C(O)CC1CC1. The van der Waals surface area contributed by atoms with Crippen LogP contribution in [0, 0.1) is 5.92 Å². The zero-order valence-electron chi connectivity index (χ0n) is 7.61. The van der Waals surface area contributed by atoms with Gasteiger partial charge in [0.1, 0.15) is 0 Å². The van der Waals surface area contributed by atoms with E-state index in [1.807, 2.05) is 24.3 Å². The van der Waals surface area contributed by atoms with E-state index in [1.54, 1.807) is 0 Å². The topological polar surface area (TPSA) is 46.2 Å². The maximum Gasteiger partial charge on any atom is 0.0812 e. The number of nitrogens with two attached hydrogens (primary N) is 1. The van der Waals surface area contributed by atoms with E-state index in [1.165, 1.54) is 12.8 Å². The molecule has 0 aromatic heterocycles. The Morgan fingerprint density at radius 2 is 2.08 bits per heavy atom. The van der Waals surface area contributed by atoms with Gasteiger partial charge in [0.25, 0.3) is 0 Å². The first kappa shape index (κ1) is 8.57. The van der Waals surface area contributed by atoms with E-state index in [9.17, 15) is 5.11 Å². The lowest BCUT2D eigenvalue weighted by atomic mass is 10.0. The molecule has 1 aromatic carbocycles. The van der Waals surface area contributed by atoms with E-state index < -0.39 is 0 Å². The fourth-order valence-electron chi connectivity index (χ4n) is 1.61. The van der Waals surface area contributed by atoms with Gasteiger partial charge in [0.05, 0.1) is 6.10 Å². The molecule has 3 N–H and O–H groups in total. The van der Waals surface area contributed by atoms with Crippen LogP contribution in [0.5, 0.6) is 0 Å². The summed E-state index contributed by atoms with van der Waals surface area (Å²) in [6.07, 6.45) is 3.04. The largest absolute Gasteiger partial charge is 0.398 e. The summed E-state index contributed by atoms with van der Waals surface area (Å²) in [6.45, 7) is 0. The maximum absolute atomic E-state index is 9.83. The van der Waals surface area contributed by atoms with Gasteiger partial charge in [-0.25, -0.2) is 0 Å². The lowest BCUT2D eigenvalue weighted by molar-refractivity contribution is 0.161. The highest BCUT2D eigenvalue weighted by Gasteiger charge is 2.25. The second-order valence-electron chi connectivity index (χ2n) is 3.82. The highest BCUT2D eigenvalue weighted by atomic mass is 16.3. The van der Waals surface area contributed by atoms with Crippen LogP contribution in [0.15, 0.2) is 24.3 Å². The second kappa shape index (κ2) is 3.38. The highest BCUT2D eigenvalue weighted by Crippen LogP contribution is 2.38. The molecule has 2 rings (SSSR count). The van der Waals surface area contributed by atoms with Crippen molar-refractivity contribution in [1.29, 1.82) is 0 Å². The molecule has 13 heavy (non-hydrogen) atoms. The number of anilines is 1. The Kier molecular flexibility index (Phi) is 2.23. The lowest BCUT2D eigenvalue weighted by Crippen LogP contribution is -2.02. The van der Waals surface area contributed by atoms with Crippen molar-refractivity contribution in [2.45, 2.75) is 25.4 Å².